The van der Waals surface area contributed by atoms with Gasteiger partial charge in [-0.05, 0) is 61.2 Å². The molecule has 3 aliphatic rings. The summed E-state index contributed by atoms with van der Waals surface area (Å²) in [6.45, 7) is 0. The molecule has 1 aliphatic heterocycles. The van der Waals surface area contributed by atoms with Gasteiger partial charge in [0.1, 0.15) is 6.10 Å². The number of ether oxygens (including phenoxy) is 1. The highest BCUT2D eigenvalue weighted by atomic mass is 79.9. The average molecular weight is 455 g/mol. The number of halogens is 1. The van der Waals surface area contributed by atoms with Crippen LogP contribution in [0.3, 0.4) is 0 Å². The highest BCUT2D eigenvalue weighted by molar-refractivity contribution is 9.10. The maximum Gasteiger partial charge on any atom is 0.310 e. The van der Waals surface area contributed by atoms with Crippen LogP contribution in [0.1, 0.15) is 23.2 Å². The summed E-state index contributed by atoms with van der Waals surface area (Å²) in [6.07, 6.45) is 1.67. The highest BCUT2D eigenvalue weighted by Gasteiger charge is 2.63. The Morgan fingerprint density at radius 3 is 2.59 bits per heavy atom. The van der Waals surface area contributed by atoms with E-state index in [1.165, 1.54) is 0 Å². The summed E-state index contributed by atoms with van der Waals surface area (Å²) in [6, 6.07) is 14.1. The molecular formula is C22H19BrN2O4. The molecule has 0 radical (unpaired) electrons. The zero-order valence-electron chi connectivity index (χ0n) is 15.4. The fourth-order valence-corrected chi connectivity index (χ4v) is 5.33. The summed E-state index contributed by atoms with van der Waals surface area (Å²) in [5.74, 6) is -0.927. The minimum absolute atomic E-state index is 0.00665. The SMILES string of the molecule is O=C(Nc1ccc(Br)cc1)c1cccc(NC(=O)[C@@H]2[C@H]3C[C@@H]4[C@@H]2C(=O)O[C@@H]4C3)c1. The Morgan fingerprint density at radius 1 is 1.00 bits per heavy atom. The van der Waals surface area contributed by atoms with E-state index in [2.05, 4.69) is 26.6 Å². The first-order valence-electron chi connectivity index (χ1n) is 9.68. The van der Waals surface area contributed by atoms with Gasteiger partial charge >= 0.3 is 5.97 Å². The van der Waals surface area contributed by atoms with E-state index in [1.807, 2.05) is 12.1 Å². The summed E-state index contributed by atoms with van der Waals surface area (Å²) in [4.78, 5) is 37.6. The first kappa shape index (κ1) is 18.4. The van der Waals surface area contributed by atoms with E-state index < -0.39 is 0 Å². The van der Waals surface area contributed by atoms with E-state index in [4.69, 9.17) is 4.74 Å². The van der Waals surface area contributed by atoms with Gasteiger partial charge in [0.15, 0.2) is 0 Å². The van der Waals surface area contributed by atoms with E-state index in [-0.39, 0.29) is 47.6 Å². The van der Waals surface area contributed by atoms with Crippen molar-refractivity contribution in [1.29, 1.82) is 0 Å². The number of benzene rings is 2. The average Bonchev–Trinajstić information content (AvgIpc) is 3.32. The van der Waals surface area contributed by atoms with E-state index in [1.54, 1.807) is 36.4 Å². The first-order valence-corrected chi connectivity index (χ1v) is 10.5. The Balaban J connectivity index is 1.29. The topological polar surface area (TPSA) is 84.5 Å². The highest BCUT2D eigenvalue weighted by Crippen LogP contribution is 2.57. The van der Waals surface area contributed by atoms with Crippen LogP contribution in [-0.2, 0) is 14.3 Å². The molecule has 0 spiro atoms. The van der Waals surface area contributed by atoms with Crippen molar-refractivity contribution in [2.75, 3.05) is 10.6 Å². The van der Waals surface area contributed by atoms with Crippen molar-refractivity contribution in [2.45, 2.75) is 18.9 Å². The molecule has 5 rings (SSSR count). The van der Waals surface area contributed by atoms with Crippen LogP contribution >= 0.6 is 15.9 Å². The molecular weight excluding hydrogens is 436 g/mol. The first-order chi connectivity index (χ1) is 14.0. The van der Waals surface area contributed by atoms with Crippen molar-refractivity contribution in [3.05, 3.63) is 58.6 Å². The largest absolute Gasteiger partial charge is 0.462 e. The summed E-state index contributed by atoms with van der Waals surface area (Å²) in [5.41, 5.74) is 1.67. The maximum atomic E-state index is 12.9. The normalized spacial score (nSPS) is 28.9. The summed E-state index contributed by atoms with van der Waals surface area (Å²) < 4.78 is 6.34. The van der Waals surface area contributed by atoms with Gasteiger partial charge in [-0.3, -0.25) is 14.4 Å². The third kappa shape index (κ3) is 3.23. The molecule has 2 aromatic rings. The second kappa shape index (κ2) is 6.99. The summed E-state index contributed by atoms with van der Waals surface area (Å²) >= 11 is 3.36. The predicted octanol–water partition coefficient (Wildman–Crippen LogP) is 3.84. The molecule has 0 aromatic heterocycles. The number of nitrogens with one attached hydrogen (secondary N) is 2. The molecule has 0 unspecified atom stereocenters. The minimum atomic E-state index is -0.341. The predicted molar refractivity (Wildman–Crippen MR) is 110 cm³/mol. The van der Waals surface area contributed by atoms with Gasteiger partial charge in [-0.15, -0.1) is 0 Å². The fraction of sp³-hybridized carbons (Fsp3) is 0.318. The number of esters is 1. The number of carbonyl (C=O) groups excluding carboxylic acids is 3. The molecule has 1 saturated heterocycles. The van der Waals surface area contributed by atoms with Gasteiger partial charge in [-0.25, -0.2) is 0 Å². The Bertz CT molecular complexity index is 1000. The van der Waals surface area contributed by atoms with Crippen molar-refractivity contribution in [3.8, 4) is 0 Å². The standard InChI is InChI=1S/C22H19BrN2O4/c23-13-4-6-14(7-5-13)24-20(26)11-2-1-3-15(8-11)25-21(27)18-12-9-16-17(10-12)29-22(28)19(16)18/h1-8,12,16-19H,9-10H2,(H,24,26)(H,25,27)/t12-,16-,17+,18+,19-/m0/s1. The van der Waals surface area contributed by atoms with Crippen LogP contribution in [0.25, 0.3) is 0 Å². The van der Waals surface area contributed by atoms with Crippen LogP contribution in [0.15, 0.2) is 53.0 Å². The van der Waals surface area contributed by atoms with Crippen LogP contribution in [0.5, 0.6) is 0 Å². The summed E-state index contributed by atoms with van der Waals surface area (Å²) in [7, 11) is 0. The molecule has 2 bridgehead atoms. The van der Waals surface area contributed by atoms with Crippen molar-refractivity contribution in [2.24, 2.45) is 23.7 Å². The maximum absolute atomic E-state index is 12.9. The third-order valence-corrected chi connectivity index (χ3v) is 6.81. The van der Waals surface area contributed by atoms with Gasteiger partial charge in [0, 0.05) is 27.3 Å². The summed E-state index contributed by atoms with van der Waals surface area (Å²) in [5, 5.41) is 5.74. The zero-order chi connectivity index (χ0) is 20.1. The Labute approximate surface area is 176 Å². The molecule has 2 N–H and O–H groups in total. The van der Waals surface area contributed by atoms with E-state index in [0.29, 0.717) is 16.9 Å². The van der Waals surface area contributed by atoms with Crippen LogP contribution in [0, 0.1) is 23.7 Å². The number of anilines is 2. The second-order valence-corrected chi connectivity index (χ2v) is 8.87. The smallest absolute Gasteiger partial charge is 0.310 e. The number of carbonyl (C=O) groups is 3. The van der Waals surface area contributed by atoms with Crippen molar-refractivity contribution >= 4 is 45.1 Å². The number of rotatable bonds is 4. The van der Waals surface area contributed by atoms with Gasteiger partial charge in [0.05, 0.1) is 11.8 Å². The van der Waals surface area contributed by atoms with Crippen LogP contribution in [0.2, 0.25) is 0 Å². The lowest BCUT2D eigenvalue weighted by atomic mass is 9.79. The van der Waals surface area contributed by atoms with Crippen molar-refractivity contribution in [1.82, 2.24) is 0 Å². The van der Waals surface area contributed by atoms with Crippen molar-refractivity contribution < 1.29 is 19.1 Å². The monoisotopic (exact) mass is 454 g/mol. The van der Waals surface area contributed by atoms with Crippen molar-refractivity contribution in [3.63, 3.8) is 0 Å². The van der Waals surface area contributed by atoms with Gasteiger partial charge in [0.2, 0.25) is 5.91 Å². The van der Waals surface area contributed by atoms with E-state index in [0.717, 1.165) is 17.3 Å². The lowest BCUT2D eigenvalue weighted by Gasteiger charge is -2.23. The number of amides is 2. The van der Waals surface area contributed by atoms with Crippen LogP contribution < -0.4 is 10.6 Å². The molecule has 6 nitrogen and oxygen atoms in total. The van der Waals surface area contributed by atoms with Gasteiger partial charge < -0.3 is 15.4 Å². The molecule has 148 valence electrons. The van der Waals surface area contributed by atoms with E-state index >= 15 is 0 Å². The molecule has 1 heterocycles. The number of hydrogen-bond acceptors (Lipinski definition) is 4. The van der Waals surface area contributed by atoms with Gasteiger partial charge in [0.25, 0.3) is 5.91 Å². The fourth-order valence-electron chi connectivity index (χ4n) is 5.06. The van der Waals surface area contributed by atoms with Gasteiger partial charge in [-0.2, -0.15) is 0 Å². The van der Waals surface area contributed by atoms with Gasteiger partial charge in [-0.1, -0.05) is 22.0 Å². The van der Waals surface area contributed by atoms with Crippen LogP contribution in [-0.4, -0.2) is 23.9 Å². The zero-order valence-corrected chi connectivity index (χ0v) is 17.0. The molecule has 2 aliphatic carbocycles. The second-order valence-electron chi connectivity index (χ2n) is 7.95. The molecule has 2 aromatic carbocycles. The molecule has 3 fully saturated rings. The Morgan fingerprint density at radius 2 is 1.79 bits per heavy atom. The number of hydrogen-bond donors (Lipinski definition) is 2. The third-order valence-electron chi connectivity index (χ3n) is 6.28. The quantitative estimate of drug-likeness (QED) is 0.687. The lowest BCUT2D eigenvalue weighted by Crippen LogP contribution is -2.35. The number of fused-ring (bicyclic) bond motifs is 1. The molecule has 5 atom stereocenters. The Kier molecular flexibility index (Phi) is 4.42. The molecule has 29 heavy (non-hydrogen) atoms. The molecule has 2 saturated carbocycles. The molecule has 2 amide bonds. The lowest BCUT2D eigenvalue weighted by molar-refractivity contribution is -0.145. The van der Waals surface area contributed by atoms with Crippen LogP contribution in [0.4, 0.5) is 11.4 Å². The molecule has 7 heteroatoms. The minimum Gasteiger partial charge on any atom is -0.462 e. The van der Waals surface area contributed by atoms with E-state index in [9.17, 15) is 14.4 Å². The Hall–Kier alpha value is -2.67.